The van der Waals surface area contributed by atoms with Gasteiger partial charge in [0.05, 0.1) is 16.6 Å². The molecule has 0 saturated heterocycles. The van der Waals surface area contributed by atoms with Crippen LogP contribution in [0, 0.1) is 6.92 Å². The van der Waals surface area contributed by atoms with Gasteiger partial charge < -0.3 is 14.6 Å². The Morgan fingerprint density at radius 3 is 2.60 bits per heavy atom. The molecule has 1 aliphatic carbocycles. The molecule has 0 bridgehead atoms. The third-order valence-corrected chi connectivity index (χ3v) is 7.98. The van der Waals surface area contributed by atoms with Crippen LogP contribution in [0.1, 0.15) is 51.9 Å². The summed E-state index contributed by atoms with van der Waals surface area (Å²) >= 11 is 0. The second kappa shape index (κ2) is 8.37. The van der Waals surface area contributed by atoms with E-state index < -0.39 is 21.7 Å². The van der Waals surface area contributed by atoms with Gasteiger partial charge in [0.15, 0.2) is 5.65 Å². The minimum absolute atomic E-state index is 0.00733. The third kappa shape index (κ3) is 4.27. The van der Waals surface area contributed by atoms with Crippen LogP contribution in [0.15, 0.2) is 53.7 Å². The van der Waals surface area contributed by atoms with Crippen molar-refractivity contribution < 1.29 is 17.9 Å². The molecule has 1 aliphatic rings. The lowest BCUT2D eigenvalue weighted by atomic mass is 10.2. The van der Waals surface area contributed by atoms with Gasteiger partial charge in [0, 0.05) is 23.7 Å². The largest absolute Gasteiger partial charge is 0.444 e. The Labute approximate surface area is 204 Å². The van der Waals surface area contributed by atoms with E-state index in [0.29, 0.717) is 11.2 Å². The van der Waals surface area contributed by atoms with E-state index in [0.717, 1.165) is 36.0 Å². The standard InChI is InChI=1S/C25H29N5O4S/c1-16-27-21-15-26-23-20(12-13-29(23)35(32,33)19-8-6-5-7-9-19)22(21)30(16)18-11-10-17(14-18)28-24(31)34-25(2,3)4/h5-9,12-13,15,17-18H,10-11,14H2,1-4H3,(H,28,31). The number of imidazole rings is 1. The number of benzene rings is 1. The summed E-state index contributed by atoms with van der Waals surface area (Å²) in [6, 6.07) is 10.2. The van der Waals surface area contributed by atoms with Gasteiger partial charge in [-0.2, -0.15) is 0 Å². The van der Waals surface area contributed by atoms with E-state index in [2.05, 4.69) is 14.9 Å². The second-order valence-electron chi connectivity index (χ2n) is 10.00. The number of fused-ring (bicyclic) bond motifs is 3. The summed E-state index contributed by atoms with van der Waals surface area (Å²) in [4.78, 5) is 21.6. The van der Waals surface area contributed by atoms with Crippen LogP contribution in [0.2, 0.25) is 0 Å². The van der Waals surface area contributed by atoms with Crippen molar-refractivity contribution in [1.82, 2.24) is 23.8 Å². The predicted octanol–water partition coefficient (Wildman–Crippen LogP) is 4.55. The molecule has 4 aromatic rings. The molecule has 1 aromatic carbocycles. The van der Waals surface area contributed by atoms with Gasteiger partial charge in [-0.05, 0) is 65.2 Å². The van der Waals surface area contributed by atoms with E-state index >= 15 is 0 Å². The smallest absolute Gasteiger partial charge is 0.407 e. The second-order valence-corrected chi connectivity index (χ2v) is 11.8. The van der Waals surface area contributed by atoms with E-state index in [1.807, 2.05) is 27.7 Å². The van der Waals surface area contributed by atoms with Crippen LogP contribution in [0.5, 0.6) is 0 Å². The topological polar surface area (TPSA) is 108 Å². The van der Waals surface area contributed by atoms with Gasteiger partial charge in [-0.15, -0.1) is 0 Å². The molecule has 184 valence electrons. The molecule has 1 N–H and O–H groups in total. The van der Waals surface area contributed by atoms with Crippen molar-refractivity contribution in [2.45, 2.75) is 69.5 Å². The fraction of sp³-hybridized carbons (Fsp3) is 0.400. The van der Waals surface area contributed by atoms with E-state index in [9.17, 15) is 13.2 Å². The van der Waals surface area contributed by atoms with Crippen molar-refractivity contribution in [3.8, 4) is 0 Å². The average molecular weight is 496 g/mol. The number of rotatable bonds is 4. The van der Waals surface area contributed by atoms with Crippen molar-refractivity contribution in [3.05, 3.63) is 54.6 Å². The number of carbonyl (C=O) groups excluding carboxylic acids is 1. The summed E-state index contributed by atoms with van der Waals surface area (Å²) in [5.41, 5.74) is 1.39. The van der Waals surface area contributed by atoms with Crippen LogP contribution >= 0.6 is 0 Å². The fourth-order valence-corrected chi connectivity index (χ4v) is 6.23. The van der Waals surface area contributed by atoms with Crippen LogP contribution in [0.3, 0.4) is 0 Å². The zero-order chi connectivity index (χ0) is 25.0. The lowest BCUT2D eigenvalue weighted by molar-refractivity contribution is 0.0505. The Hall–Kier alpha value is -3.40. The van der Waals surface area contributed by atoms with Gasteiger partial charge in [0.1, 0.15) is 16.9 Å². The van der Waals surface area contributed by atoms with Gasteiger partial charge in [-0.1, -0.05) is 18.2 Å². The van der Waals surface area contributed by atoms with Gasteiger partial charge in [0.25, 0.3) is 10.0 Å². The first-order valence-electron chi connectivity index (χ1n) is 11.7. The number of pyridine rings is 1. The van der Waals surface area contributed by atoms with Crippen molar-refractivity contribution in [2.24, 2.45) is 0 Å². The molecule has 5 rings (SSSR count). The highest BCUT2D eigenvalue weighted by Crippen LogP contribution is 2.36. The van der Waals surface area contributed by atoms with Gasteiger partial charge >= 0.3 is 6.09 Å². The molecule has 3 aromatic heterocycles. The summed E-state index contributed by atoms with van der Waals surface area (Å²) in [6.45, 7) is 7.47. The highest BCUT2D eigenvalue weighted by atomic mass is 32.2. The number of aryl methyl sites for hydroxylation is 1. The molecular formula is C25H29N5O4S. The van der Waals surface area contributed by atoms with Crippen molar-refractivity contribution >= 4 is 38.2 Å². The van der Waals surface area contributed by atoms with Crippen molar-refractivity contribution in [3.63, 3.8) is 0 Å². The number of alkyl carbamates (subject to hydrolysis) is 1. The Morgan fingerprint density at radius 1 is 1.14 bits per heavy atom. The number of carbonyl (C=O) groups is 1. The molecule has 3 heterocycles. The molecule has 2 unspecified atom stereocenters. The molecule has 1 amide bonds. The maximum atomic E-state index is 13.3. The molecule has 1 fully saturated rings. The van der Waals surface area contributed by atoms with Gasteiger partial charge in [0.2, 0.25) is 0 Å². The lowest BCUT2D eigenvalue weighted by Gasteiger charge is -2.22. The summed E-state index contributed by atoms with van der Waals surface area (Å²) in [5.74, 6) is 0.830. The van der Waals surface area contributed by atoms with E-state index in [-0.39, 0.29) is 17.0 Å². The zero-order valence-corrected chi connectivity index (χ0v) is 21.0. The summed E-state index contributed by atoms with van der Waals surface area (Å²) in [7, 11) is -3.79. The van der Waals surface area contributed by atoms with Crippen LogP contribution < -0.4 is 5.32 Å². The highest BCUT2D eigenvalue weighted by Gasteiger charge is 2.31. The van der Waals surface area contributed by atoms with E-state index in [4.69, 9.17) is 9.72 Å². The number of nitrogens with one attached hydrogen (secondary N) is 1. The average Bonchev–Trinajstić information content (AvgIpc) is 3.48. The Balaban J connectivity index is 1.51. The molecule has 35 heavy (non-hydrogen) atoms. The molecule has 0 spiro atoms. The summed E-state index contributed by atoms with van der Waals surface area (Å²) < 4.78 is 35.4. The maximum absolute atomic E-state index is 13.3. The molecular weight excluding hydrogens is 466 g/mol. The van der Waals surface area contributed by atoms with Gasteiger partial charge in [-0.3, -0.25) is 0 Å². The zero-order valence-electron chi connectivity index (χ0n) is 20.2. The first-order chi connectivity index (χ1) is 16.5. The first kappa shape index (κ1) is 23.3. The van der Waals surface area contributed by atoms with Gasteiger partial charge in [-0.25, -0.2) is 27.2 Å². The first-order valence-corrected chi connectivity index (χ1v) is 13.1. The fourth-order valence-electron chi connectivity index (χ4n) is 4.91. The van der Waals surface area contributed by atoms with Crippen LogP contribution in [-0.2, 0) is 14.8 Å². The SMILES string of the molecule is Cc1nc2cnc3c(ccn3S(=O)(=O)c3ccccc3)c2n1C1CCC(NC(=O)OC(C)(C)C)C1. The number of hydrogen-bond donors (Lipinski definition) is 1. The van der Waals surface area contributed by atoms with E-state index in [1.165, 1.54) is 3.97 Å². The quantitative estimate of drug-likeness (QED) is 0.445. The van der Waals surface area contributed by atoms with Crippen molar-refractivity contribution in [1.29, 1.82) is 0 Å². The van der Waals surface area contributed by atoms with Crippen LogP contribution in [0.4, 0.5) is 4.79 Å². The maximum Gasteiger partial charge on any atom is 0.407 e. The Morgan fingerprint density at radius 2 is 1.89 bits per heavy atom. The third-order valence-electron chi connectivity index (χ3n) is 6.30. The highest BCUT2D eigenvalue weighted by molar-refractivity contribution is 7.90. The monoisotopic (exact) mass is 495 g/mol. The number of hydrogen-bond acceptors (Lipinski definition) is 6. The van der Waals surface area contributed by atoms with Crippen molar-refractivity contribution in [2.75, 3.05) is 0 Å². The summed E-state index contributed by atoms with van der Waals surface area (Å²) in [5, 5.41) is 3.71. The number of aromatic nitrogens is 4. The lowest BCUT2D eigenvalue weighted by Crippen LogP contribution is -2.38. The minimum Gasteiger partial charge on any atom is -0.444 e. The minimum atomic E-state index is -3.79. The molecule has 2 atom stereocenters. The Kier molecular flexibility index (Phi) is 5.58. The summed E-state index contributed by atoms with van der Waals surface area (Å²) in [6.07, 6.45) is 5.18. The van der Waals surface area contributed by atoms with Crippen LogP contribution in [-0.4, -0.2) is 44.7 Å². The Bertz CT molecular complexity index is 1520. The molecule has 0 radical (unpaired) electrons. The number of amides is 1. The van der Waals surface area contributed by atoms with E-state index in [1.54, 1.807) is 48.8 Å². The molecule has 9 nitrogen and oxygen atoms in total. The predicted molar refractivity (Wildman–Crippen MR) is 133 cm³/mol. The normalized spacial score (nSPS) is 18.9. The number of ether oxygens (including phenoxy) is 1. The number of nitrogens with zero attached hydrogens (tertiary/aromatic N) is 4. The molecule has 1 saturated carbocycles. The molecule has 0 aliphatic heterocycles. The van der Waals surface area contributed by atoms with Crippen LogP contribution in [0.25, 0.3) is 22.1 Å². The molecule has 10 heteroatoms.